The van der Waals surface area contributed by atoms with Crippen LogP contribution >= 0.6 is 11.6 Å². The van der Waals surface area contributed by atoms with Crippen molar-refractivity contribution in [3.63, 3.8) is 0 Å². The highest BCUT2D eigenvalue weighted by Crippen LogP contribution is 2.32. The predicted molar refractivity (Wildman–Crippen MR) is 144 cm³/mol. The van der Waals surface area contributed by atoms with Gasteiger partial charge in [0.1, 0.15) is 11.6 Å². The van der Waals surface area contributed by atoms with E-state index >= 15 is 0 Å². The number of carbonyl (C=O) groups excluding carboxylic acids is 2. The summed E-state index contributed by atoms with van der Waals surface area (Å²) in [7, 11) is 0. The fraction of sp³-hybridized carbons (Fsp3) is 0.407. The number of nitrogens with one attached hydrogen (secondary N) is 2. The first-order valence-electron chi connectivity index (χ1n) is 12.7. The Balaban J connectivity index is 1.68. The molecule has 0 bridgehead atoms. The predicted octanol–water partition coefficient (Wildman–Crippen LogP) is 2.13. The topological polar surface area (TPSA) is 175 Å². The van der Waals surface area contributed by atoms with E-state index in [1.807, 2.05) is 0 Å². The molecule has 1 aliphatic rings. The van der Waals surface area contributed by atoms with Gasteiger partial charge in [-0.1, -0.05) is 23.7 Å². The summed E-state index contributed by atoms with van der Waals surface area (Å²) in [5.74, 6) is -5.29. The summed E-state index contributed by atoms with van der Waals surface area (Å²) in [6.45, 7) is 4.21. The Kier molecular flexibility index (Phi) is 11.0. The van der Waals surface area contributed by atoms with E-state index in [2.05, 4.69) is 15.5 Å². The van der Waals surface area contributed by atoms with Crippen LogP contribution < -0.4 is 15.4 Å². The third kappa shape index (κ3) is 9.11. The number of carboxylic acid groups (broad SMARTS) is 2. The molecule has 2 aromatic rings. The number of morpholine rings is 1. The number of carbonyl (C=O) groups is 4. The number of aliphatic carboxylic acids is 2. The molecule has 222 valence electrons. The van der Waals surface area contributed by atoms with Crippen LogP contribution in [-0.2, 0) is 25.7 Å². The lowest BCUT2D eigenvalue weighted by molar-refractivity contribution is -0.156. The number of nitrogens with zero attached hydrogens (tertiary/aromatic N) is 1. The number of rotatable bonds is 13. The molecule has 2 aromatic carbocycles. The van der Waals surface area contributed by atoms with E-state index in [0.717, 1.165) is 5.56 Å². The number of hydrogen-bond acceptors (Lipinski definition) is 8. The van der Waals surface area contributed by atoms with Crippen LogP contribution in [-0.4, -0.2) is 88.5 Å². The van der Waals surface area contributed by atoms with Gasteiger partial charge in [0.15, 0.2) is 5.60 Å². The SMILES string of the molecule is CCOc1cc(NC(=O)C(O)(CC(=O)O)CC(=O)O)c(Cl)cc1C(=O)NC[C@@H]1CN(Cc2ccc(F)cc2)CCO1. The van der Waals surface area contributed by atoms with Gasteiger partial charge < -0.3 is 35.4 Å². The minimum Gasteiger partial charge on any atom is -0.493 e. The Bertz CT molecular complexity index is 1260. The highest BCUT2D eigenvalue weighted by molar-refractivity contribution is 6.34. The maximum Gasteiger partial charge on any atom is 0.306 e. The second kappa shape index (κ2) is 14.2. The van der Waals surface area contributed by atoms with E-state index < -0.39 is 42.2 Å². The second-order valence-electron chi connectivity index (χ2n) is 9.45. The van der Waals surface area contributed by atoms with Gasteiger partial charge >= 0.3 is 11.9 Å². The van der Waals surface area contributed by atoms with Gasteiger partial charge in [0, 0.05) is 32.2 Å². The highest BCUT2D eigenvalue weighted by Gasteiger charge is 2.41. The first-order valence-corrected chi connectivity index (χ1v) is 13.1. The Morgan fingerprint density at radius 1 is 1.15 bits per heavy atom. The van der Waals surface area contributed by atoms with Crippen molar-refractivity contribution in [2.24, 2.45) is 0 Å². The quantitative estimate of drug-likeness (QED) is 0.231. The van der Waals surface area contributed by atoms with Gasteiger partial charge in [-0.25, -0.2) is 4.39 Å². The van der Waals surface area contributed by atoms with Crippen LogP contribution in [0.4, 0.5) is 10.1 Å². The number of halogens is 2. The molecule has 0 radical (unpaired) electrons. The van der Waals surface area contributed by atoms with E-state index in [1.165, 1.54) is 24.3 Å². The van der Waals surface area contributed by atoms with Crippen LogP contribution in [0.2, 0.25) is 5.02 Å². The van der Waals surface area contributed by atoms with Gasteiger partial charge in [-0.3, -0.25) is 24.1 Å². The molecule has 0 saturated carbocycles. The van der Waals surface area contributed by atoms with Crippen molar-refractivity contribution in [2.75, 3.05) is 38.2 Å². The van der Waals surface area contributed by atoms with Crippen molar-refractivity contribution in [3.8, 4) is 5.75 Å². The van der Waals surface area contributed by atoms with Gasteiger partial charge in [0.2, 0.25) is 0 Å². The average Bonchev–Trinajstić information content (AvgIpc) is 2.89. The smallest absolute Gasteiger partial charge is 0.306 e. The minimum absolute atomic E-state index is 0.0345. The molecule has 0 unspecified atom stereocenters. The van der Waals surface area contributed by atoms with Crippen molar-refractivity contribution >= 4 is 41.0 Å². The zero-order valence-electron chi connectivity index (χ0n) is 22.2. The van der Waals surface area contributed by atoms with Gasteiger partial charge in [0.25, 0.3) is 11.8 Å². The summed E-state index contributed by atoms with van der Waals surface area (Å²) in [5, 5.41) is 33.4. The molecule has 1 saturated heterocycles. The summed E-state index contributed by atoms with van der Waals surface area (Å²) in [6.07, 6.45) is -2.64. The van der Waals surface area contributed by atoms with E-state index in [-0.39, 0.29) is 47.1 Å². The molecule has 1 atom stereocenters. The van der Waals surface area contributed by atoms with Crippen LogP contribution in [0, 0.1) is 5.82 Å². The summed E-state index contributed by atoms with van der Waals surface area (Å²) >= 11 is 6.29. The first kappa shape index (κ1) is 31.7. The van der Waals surface area contributed by atoms with Crippen molar-refractivity contribution < 1.29 is 48.4 Å². The number of benzene rings is 2. The Morgan fingerprint density at radius 2 is 1.80 bits per heavy atom. The van der Waals surface area contributed by atoms with Gasteiger partial charge in [-0.2, -0.15) is 0 Å². The lowest BCUT2D eigenvalue weighted by atomic mass is 9.94. The lowest BCUT2D eigenvalue weighted by Crippen LogP contribution is -2.47. The molecule has 0 aliphatic carbocycles. The third-order valence-corrected chi connectivity index (χ3v) is 6.52. The van der Waals surface area contributed by atoms with Crippen molar-refractivity contribution in [2.45, 2.75) is 38.0 Å². The number of aliphatic hydroxyl groups is 1. The number of anilines is 1. The van der Waals surface area contributed by atoms with Gasteiger partial charge in [-0.05, 0) is 30.7 Å². The molecule has 3 rings (SSSR count). The normalized spacial score (nSPS) is 15.7. The van der Waals surface area contributed by atoms with E-state index in [1.54, 1.807) is 19.1 Å². The molecular weight excluding hydrogens is 565 g/mol. The maximum absolute atomic E-state index is 13.2. The largest absolute Gasteiger partial charge is 0.493 e. The molecule has 1 heterocycles. The summed E-state index contributed by atoms with van der Waals surface area (Å²) < 4.78 is 24.5. The third-order valence-electron chi connectivity index (χ3n) is 6.20. The number of carboxylic acids is 2. The summed E-state index contributed by atoms with van der Waals surface area (Å²) in [6, 6.07) is 8.68. The highest BCUT2D eigenvalue weighted by atomic mass is 35.5. The lowest BCUT2D eigenvalue weighted by Gasteiger charge is -2.33. The molecule has 1 aliphatic heterocycles. The molecule has 5 N–H and O–H groups in total. The zero-order chi connectivity index (χ0) is 30.2. The number of amides is 2. The molecule has 12 nitrogen and oxygen atoms in total. The number of ether oxygens (including phenoxy) is 2. The van der Waals surface area contributed by atoms with E-state index in [4.69, 9.17) is 31.3 Å². The maximum atomic E-state index is 13.2. The monoisotopic (exact) mass is 595 g/mol. The van der Waals surface area contributed by atoms with Crippen LogP contribution in [0.25, 0.3) is 0 Å². The van der Waals surface area contributed by atoms with Crippen LogP contribution in [0.15, 0.2) is 36.4 Å². The fourth-order valence-electron chi connectivity index (χ4n) is 4.26. The minimum atomic E-state index is -2.76. The Morgan fingerprint density at radius 3 is 2.41 bits per heavy atom. The van der Waals surface area contributed by atoms with Crippen molar-refractivity contribution in [1.29, 1.82) is 0 Å². The van der Waals surface area contributed by atoms with Crippen LogP contribution in [0.3, 0.4) is 0 Å². The second-order valence-corrected chi connectivity index (χ2v) is 9.86. The summed E-state index contributed by atoms with van der Waals surface area (Å²) in [5.41, 5.74) is -1.89. The molecule has 41 heavy (non-hydrogen) atoms. The average molecular weight is 596 g/mol. The first-order chi connectivity index (χ1) is 19.4. The molecule has 14 heteroatoms. The standard InChI is InChI=1S/C27H31ClFN3O9/c1-2-40-22-10-21(31-26(38)27(39,11-23(33)34)12-24(35)36)20(28)9-19(22)25(37)30-13-18-15-32(7-8-41-18)14-16-3-5-17(29)6-4-16/h3-6,9-10,18,39H,2,7-8,11-15H2,1H3,(H,30,37)(H,31,38)(H,33,34)(H,35,36)/t18-/m1/s1. The number of hydrogen-bond donors (Lipinski definition) is 5. The summed E-state index contributed by atoms with van der Waals surface area (Å²) in [4.78, 5) is 50.1. The molecule has 0 aromatic heterocycles. The van der Waals surface area contributed by atoms with Crippen molar-refractivity contribution in [1.82, 2.24) is 10.2 Å². The van der Waals surface area contributed by atoms with Gasteiger partial charge in [-0.15, -0.1) is 0 Å². The molecule has 2 amide bonds. The van der Waals surface area contributed by atoms with Crippen LogP contribution in [0.1, 0.15) is 35.7 Å². The molecular formula is C27H31ClFN3O9. The molecule has 1 fully saturated rings. The molecule has 0 spiro atoms. The fourth-order valence-corrected chi connectivity index (χ4v) is 4.47. The Hall–Kier alpha value is -3.78. The van der Waals surface area contributed by atoms with Gasteiger partial charge in [0.05, 0.1) is 48.4 Å². The van der Waals surface area contributed by atoms with Crippen LogP contribution in [0.5, 0.6) is 5.75 Å². The van der Waals surface area contributed by atoms with E-state index in [0.29, 0.717) is 26.2 Å². The van der Waals surface area contributed by atoms with E-state index in [9.17, 15) is 28.7 Å². The van der Waals surface area contributed by atoms with Crippen molar-refractivity contribution in [3.05, 3.63) is 58.4 Å². The zero-order valence-corrected chi connectivity index (χ0v) is 22.9. The Labute approximate surface area is 240 Å².